The van der Waals surface area contributed by atoms with E-state index in [0.717, 1.165) is 42.2 Å². The van der Waals surface area contributed by atoms with E-state index in [1.54, 1.807) is 18.2 Å². The minimum atomic E-state index is -0.795. The monoisotopic (exact) mass is 407 g/mol. The van der Waals surface area contributed by atoms with Gasteiger partial charge in [0.05, 0.1) is 11.6 Å². The number of para-hydroxylation sites is 1. The number of carbonyl (C=O) groups is 2. The van der Waals surface area contributed by atoms with Gasteiger partial charge < -0.3 is 10.0 Å². The lowest BCUT2D eigenvalue weighted by atomic mass is 9.93. The number of hydrazine groups is 1. The van der Waals surface area contributed by atoms with Crippen molar-refractivity contribution in [2.45, 2.75) is 31.6 Å². The normalized spacial score (nSPS) is 15.4. The average Bonchev–Trinajstić information content (AvgIpc) is 3.29. The van der Waals surface area contributed by atoms with Gasteiger partial charge in [-0.25, -0.2) is 10.9 Å². The summed E-state index contributed by atoms with van der Waals surface area (Å²) in [4.78, 5) is 26.4. The standard InChI is InChI=1S/C24H29N3O3/c25-27(21-7-2-1-3-8-21)23(28)15-12-19-10-13-20(14-11-19)22(24(29)30)9-6-18-26-16-4-5-17-26/h1-3,7-8,10-15,22H,4-6,9,16-18,25H2,(H,29,30). The Morgan fingerprint density at radius 1 is 1.07 bits per heavy atom. The molecule has 6 nitrogen and oxygen atoms in total. The van der Waals surface area contributed by atoms with Crippen molar-refractivity contribution in [2.24, 2.45) is 5.84 Å². The predicted octanol–water partition coefficient (Wildman–Crippen LogP) is 3.65. The predicted molar refractivity (Wildman–Crippen MR) is 119 cm³/mol. The minimum Gasteiger partial charge on any atom is -0.481 e. The number of anilines is 1. The maximum Gasteiger partial charge on any atom is 0.310 e. The summed E-state index contributed by atoms with van der Waals surface area (Å²) in [5.74, 6) is 4.21. The van der Waals surface area contributed by atoms with Gasteiger partial charge >= 0.3 is 5.97 Å². The number of carboxylic acids is 1. The van der Waals surface area contributed by atoms with Crippen LogP contribution in [0.5, 0.6) is 0 Å². The van der Waals surface area contributed by atoms with Crippen LogP contribution in [0.1, 0.15) is 42.7 Å². The van der Waals surface area contributed by atoms with Crippen LogP contribution in [0, 0.1) is 0 Å². The molecular weight excluding hydrogens is 378 g/mol. The van der Waals surface area contributed by atoms with E-state index in [0.29, 0.717) is 12.1 Å². The summed E-state index contributed by atoms with van der Waals surface area (Å²) in [5, 5.41) is 10.7. The van der Waals surface area contributed by atoms with Gasteiger partial charge in [-0.1, -0.05) is 42.5 Å². The molecule has 2 aromatic rings. The number of carboxylic acid groups (broad SMARTS) is 1. The molecule has 1 aliphatic heterocycles. The number of rotatable bonds is 9. The topological polar surface area (TPSA) is 86.9 Å². The summed E-state index contributed by atoms with van der Waals surface area (Å²) in [7, 11) is 0. The third kappa shape index (κ3) is 6.02. The van der Waals surface area contributed by atoms with E-state index in [4.69, 9.17) is 5.84 Å². The van der Waals surface area contributed by atoms with Gasteiger partial charge in [0.2, 0.25) is 0 Å². The molecule has 1 amide bonds. The Labute approximate surface area is 177 Å². The Bertz CT molecular complexity index is 859. The van der Waals surface area contributed by atoms with Crippen molar-refractivity contribution in [2.75, 3.05) is 24.6 Å². The Kier molecular flexibility index (Phi) is 7.76. The molecule has 1 saturated heterocycles. The molecule has 1 unspecified atom stereocenters. The quantitative estimate of drug-likeness (QED) is 0.287. The van der Waals surface area contributed by atoms with Gasteiger partial charge in [-0.05, 0) is 74.7 Å². The van der Waals surface area contributed by atoms with Crippen molar-refractivity contribution in [1.82, 2.24) is 4.90 Å². The van der Waals surface area contributed by atoms with E-state index in [9.17, 15) is 14.7 Å². The van der Waals surface area contributed by atoms with Crippen LogP contribution < -0.4 is 10.9 Å². The van der Waals surface area contributed by atoms with Crippen LogP contribution in [-0.4, -0.2) is 41.5 Å². The summed E-state index contributed by atoms with van der Waals surface area (Å²) in [6.07, 6.45) is 7.07. The van der Waals surface area contributed by atoms with Crippen LogP contribution in [0.4, 0.5) is 5.69 Å². The minimum absolute atomic E-state index is 0.337. The van der Waals surface area contributed by atoms with Crippen LogP contribution in [-0.2, 0) is 9.59 Å². The van der Waals surface area contributed by atoms with Gasteiger partial charge in [-0.2, -0.15) is 0 Å². The zero-order chi connectivity index (χ0) is 21.3. The van der Waals surface area contributed by atoms with Gasteiger partial charge in [0.25, 0.3) is 5.91 Å². The summed E-state index contributed by atoms with van der Waals surface area (Å²) >= 11 is 0. The summed E-state index contributed by atoms with van der Waals surface area (Å²) in [6.45, 7) is 3.22. The molecule has 1 heterocycles. The molecule has 0 radical (unpaired) electrons. The highest BCUT2D eigenvalue weighted by molar-refractivity contribution is 6.02. The Morgan fingerprint density at radius 2 is 1.73 bits per heavy atom. The molecule has 0 saturated carbocycles. The van der Waals surface area contributed by atoms with Crippen molar-refractivity contribution < 1.29 is 14.7 Å². The number of amides is 1. The van der Waals surface area contributed by atoms with E-state index in [-0.39, 0.29) is 5.91 Å². The molecule has 1 atom stereocenters. The van der Waals surface area contributed by atoms with Crippen molar-refractivity contribution in [3.05, 3.63) is 71.8 Å². The number of carbonyl (C=O) groups excluding carboxylic acids is 1. The number of nitrogens with zero attached hydrogens (tertiary/aromatic N) is 2. The number of aliphatic carboxylic acids is 1. The molecule has 0 aromatic heterocycles. The van der Waals surface area contributed by atoms with Crippen LogP contribution in [0.2, 0.25) is 0 Å². The largest absolute Gasteiger partial charge is 0.481 e. The van der Waals surface area contributed by atoms with Gasteiger partial charge in [-0.3, -0.25) is 9.59 Å². The Hall–Kier alpha value is -2.96. The van der Waals surface area contributed by atoms with Crippen LogP contribution >= 0.6 is 0 Å². The Morgan fingerprint density at radius 3 is 2.37 bits per heavy atom. The molecule has 0 aliphatic carbocycles. The van der Waals surface area contributed by atoms with Gasteiger partial charge in [0, 0.05) is 6.08 Å². The fraction of sp³-hybridized carbons (Fsp3) is 0.333. The van der Waals surface area contributed by atoms with Gasteiger partial charge in [-0.15, -0.1) is 0 Å². The number of benzene rings is 2. The zero-order valence-corrected chi connectivity index (χ0v) is 17.1. The molecule has 3 rings (SSSR count). The van der Waals surface area contributed by atoms with Gasteiger partial charge in [0.15, 0.2) is 0 Å². The van der Waals surface area contributed by atoms with Crippen molar-refractivity contribution in [1.29, 1.82) is 0 Å². The fourth-order valence-electron chi connectivity index (χ4n) is 3.76. The molecule has 6 heteroatoms. The second-order valence-corrected chi connectivity index (χ2v) is 7.63. The number of hydrogen-bond donors (Lipinski definition) is 2. The molecule has 158 valence electrons. The summed E-state index contributed by atoms with van der Waals surface area (Å²) in [6, 6.07) is 16.3. The van der Waals surface area contributed by atoms with E-state index in [1.165, 1.54) is 18.9 Å². The van der Waals surface area contributed by atoms with E-state index < -0.39 is 11.9 Å². The third-order valence-electron chi connectivity index (χ3n) is 5.49. The molecule has 1 fully saturated rings. The zero-order valence-electron chi connectivity index (χ0n) is 17.1. The molecule has 0 spiro atoms. The molecule has 1 aliphatic rings. The first-order valence-electron chi connectivity index (χ1n) is 10.4. The highest BCUT2D eigenvalue weighted by Crippen LogP contribution is 2.23. The molecule has 3 N–H and O–H groups in total. The van der Waals surface area contributed by atoms with Crippen molar-refractivity contribution in [3.63, 3.8) is 0 Å². The van der Waals surface area contributed by atoms with E-state index >= 15 is 0 Å². The highest BCUT2D eigenvalue weighted by atomic mass is 16.4. The highest BCUT2D eigenvalue weighted by Gasteiger charge is 2.20. The van der Waals surface area contributed by atoms with Crippen molar-refractivity contribution >= 4 is 23.6 Å². The maximum absolute atomic E-state index is 12.2. The lowest BCUT2D eigenvalue weighted by molar-refractivity contribution is -0.139. The second kappa shape index (κ2) is 10.7. The van der Waals surface area contributed by atoms with Crippen LogP contribution in [0.25, 0.3) is 6.08 Å². The SMILES string of the molecule is NN(C(=O)C=Cc1ccc(C(CCCN2CCCC2)C(=O)O)cc1)c1ccccc1. The molecular formula is C24H29N3O3. The maximum atomic E-state index is 12.2. The van der Waals surface area contributed by atoms with Crippen molar-refractivity contribution in [3.8, 4) is 0 Å². The van der Waals surface area contributed by atoms with E-state index in [2.05, 4.69) is 4.90 Å². The van der Waals surface area contributed by atoms with Gasteiger partial charge in [0.1, 0.15) is 0 Å². The first kappa shape index (κ1) is 21.7. The Balaban J connectivity index is 1.57. The first-order valence-corrected chi connectivity index (χ1v) is 10.4. The smallest absolute Gasteiger partial charge is 0.310 e. The van der Waals surface area contributed by atoms with Crippen LogP contribution in [0.3, 0.4) is 0 Å². The second-order valence-electron chi connectivity index (χ2n) is 7.63. The average molecular weight is 408 g/mol. The number of hydrogen-bond acceptors (Lipinski definition) is 4. The molecule has 30 heavy (non-hydrogen) atoms. The third-order valence-corrected chi connectivity index (χ3v) is 5.49. The molecule has 0 bridgehead atoms. The first-order chi connectivity index (χ1) is 14.5. The van der Waals surface area contributed by atoms with E-state index in [1.807, 2.05) is 42.5 Å². The number of likely N-dealkylation sites (tertiary alicyclic amines) is 1. The lowest BCUT2D eigenvalue weighted by Gasteiger charge is -2.17. The summed E-state index contributed by atoms with van der Waals surface area (Å²) < 4.78 is 0. The molecule has 2 aromatic carbocycles. The summed E-state index contributed by atoms with van der Waals surface area (Å²) in [5.41, 5.74) is 2.22. The fourth-order valence-corrected chi connectivity index (χ4v) is 3.76. The lowest BCUT2D eigenvalue weighted by Crippen LogP contribution is -2.36. The number of nitrogens with two attached hydrogens (primary N) is 1. The van der Waals surface area contributed by atoms with Crippen LogP contribution in [0.15, 0.2) is 60.7 Å².